The van der Waals surface area contributed by atoms with Gasteiger partial charge in [-0.25, -0.2) is 9.18 Å². The number of hydrogen-bond acceptors (Lipinski definition) is 2. The van der Waals surface area contributed by atoms with E-state index < -0.39 is 0 Å². The molecule has 0 saturated heterocycles. The van der Waals surface area contributed by atoms with Crippen LogP contribution in [0.15, 0.2) is 48.5 Å². The number of urea groups is 1. The third kappa shape index (κ3) is 5.91. The van der Waals surface area contributed by atoms with Crippen LogP contribution in [0.3, 0.4) is 0 Å². The lowest BCUT2D eigenvalue weighted by Crippen LogP contribution is -2.35. The van der Waals surface area contributed by atoms with Crippen molar-refractivity contribution in [1.29, 1.82) is 0 Å². The summed E-state index contributed by atoms with van der Waals surface area (Å²) >= 11 is 0. The zero-order valence-corrected chi connectivity index (χ0v) is 14.2. The van der Waals surface area contributed by atoms with Crippen LogP contribution in [0.4, 0.5) is 14.9 Å². The molecule has 2 aromatic carbocycles. The van der Waals surface area contributed by atoms with Crippen molar-refractivity contribution in [1.82, 2.24) is 10.6 Å². The van der Waals surface area contributed by atoms with E-state index in [9.17, 15) is 9.18 Å². The second kappa shape index (κ2) is 8.91. The molecule has 0 aliphatic carbocycles. The van der Waals surface area contributed by atoms with E-state index in [2.05, 4.69) is 39.8 Å². The maximum absolute atomic E-state index is 12.8. The summed E-state index contributed by atoms with van der Waals surface area (Å²) < 4.78 is 12.8. The Labute approximate surface area is 142 Å². The van der Waals surface area contributed by atoms with E-state index in [0.717, 1.165) is 18.4 Å². The molecule has 5 heteroatoms. The van der Waals surface area contributed by atoms with Crippen LogP contribution in [0.2, 0.25) is 0 Å². The lowest BCUT2D eigenvalue weighted by Gasteiger charge is -2.12. The monoisotopic (exact) mass is 329 g/mol. The molecule has 2 N–H and O–H groups in total. The quantitative estimate of drug-likeness (QED) is 0.765. The summed E-state index contributed by atoms with van der Waals surface area (Å²) in [5.74, 6) is -0.276. The molecule has 2 rings (SSSR count). The van der Waals surface area contributed by atoms with Crippen molar-refractivity contribution in [3.63, 3.8) is 0 Å². The third-order valence-electron chi connectivity index (χ3n) is 3.75. The normalized spacial score (nSPS) is 10.3. The Balaban J connectivity index is 1.63. The number of amides is 2. The summed E-state index contributed by atoms with van der Waals surface area (Å²) in [6.45, 7) is 1.00. The maximum Gasteiger partial charge on any atom is 0.315 e. The van der Waals surface area contributed by atoms with Crippen LogP contribution in [0.25, 0.3) is 0 Å². The van der Waals surface area contributed by atoms with Gasteiger partial charge in [0.25, 0.3) is 0 Å². The SMILES string of the molecule is CN(C)c1ccc(CCCNC(=O)NCc2ccc(F)cc2)cc1. The highest BCUT2D eigenvalue weighted by atomic mass is 19.1. The van der Waals surface area contributed by atoms with Crippen molar-refractivity contribution in [3.05, 3.63) is 65.5 Å². The molecule has 2 aromatic rings. The Morgan fingerprint density at radius 3 is 2.21 bits per heavy atom. The van der Waals surface area contributed by atoms with Crippen molar-refractivity contribution in [2.45, 2.75) is 19.4 Å². The smallest absolute Gasteiger partial charge is 0.315 e. The van der Waals surface area contributed by atoms with Gasteiger partial charge in [-0.1, -0.05) is 24.3 Å². The van der Waals surface area contributed by atoms with E-state index in [4.69, 9.17) is 0 Å². The molecule has 0 aromatic heterocycles. The van der Waals surface area contributed by atoms with Crippen molar-refractivity contribution in [2.75, 3.05) is 25.5 Å². The summed E-state index contributed by atoms with van der Waals surface area (Å²) in [6.07, 6.45) is 1.80. The molecule has 0 heterocycles. The molecular weight excluding hydrogens is 305 g/mol. The van der Waals surface area contributed by atoms with E-state index in [1.165, 1.54) is 23.4 Å². The molecule has 128 valence electrons. The molecule has 0 saturated carbocycles. The van der Waals surface area contributed by atoms with Gasteiger partial charge in [0.15, 0.2) is 0 Å². The number of rotatable bonds is 7. The summed E-state index contributed by atoms with van der Waals surface area (Å²) in [6, 6.07) is 14.3. The fourth-order valence-electron chi connectivity index (χ4n) is 2.30. The Kier molecular flexibility index (Phi) is 6.61. The van der Waals surface area contributed by atoms with Gasteiger partial charge in [-0.05, 0) is 48.2 Å². The number of anilines is 1. The summed E-state index contributed by atoms with van der Waals surface area (Å²) in [7, 11) is 4.03. The van der Waals surface area contributed by atoms with E-state index in [1.54, 1.807) is 12.1 Å². The topological polar surface area (TPSA) is 44.4 Å². The van der Waals surface area contributed by atoms with Crippen LogP contribution in [-0.2, 0) is 13.0 Å². The lowest BCUT2D eigenvalue weighted by molar-refractivity contribution is 0.240. The molecular formula is C19H24FN3O. The fourth-order valence-corrected chi connectivity index (χ4v) is 2.30. The van der Waals surface area contributed by atoms with Crippen molar-refractivity contribution in [2.24, 2.45) is 0 Å². The highest BCUT2D eigenvalue weighted by molar-refractivity contribution is 5.73. The molecule has 0 atom stereocenters. The van der Waals surface area contributed by atoms with Gasteiger partial charge in [-0.3, -0.25) is 0 Å². The number of nitrogens with one attached hydrogen (secondary N) is 2. The molecule has 0 aliphatic heterocycles. The summed E-state index contributed by atoms with van der Waals surface area (Å²) in [4.78, 5) is 13.8. The van der Waals surface area contributed by atoms with Gasteiger partial charge in [0.2, 0.25) is 0 Å². The van der Waals surface area contributed by atoms with Gasteiger partial charge >= 0.3 is 6.03 Å². The predicted molar refractivity (Wildman–Crippen MR) is 95.7 cm³/mol. The van der Waals surface area contributed by atoms with Crippen LogP contribution >= 0.6 is 0 Å². The van der Waals surface area contributed by atoms with Gasteiger partial charge in [0.1, 0.15) is 5.82 Å². The molecule has 2 amide bonds. The van der Waals surface area contributed by atoms with Crippen LogP contribution in [0.5, 0.6) is 0 Å². The first-order valence-electron chi connectivity index (χ1n) is 8.07. The second-order valence-corrected chi connectivity index (χ2v) is 5.90. The standard InChI is InChI=1S/C19H24FN3O/c1-23(2)18-11-7-15(8-12-18)4-3-13-21-19(24)22-14-16-5-9-17(20)10-6-16/h5-12H,3-4,13-14H2,1-2H3,(H2,21,22,24). The van der Waals surface area contributed by atoms with Crippen LogP contribution in [0, 0.1) is 5.82 Å². The van der Waals surface area contributed by atoms with Crippen LogP contribution in [0.1, 0.15) is 17.5 Å². The van der Waals surface area contributed by atoms with Crippen LogP contribution in [-0.4, -0.2) is 26.7 Å². The van der Waals surface area contributed by atoms with Gasteiger partial charge in [-0.15, -0.1) is 0 Å². The first-order chi connectivity index (χ1) is 11.5. The number of benzene rings is 2. The van der Waals surface area contributed by atoms with Gasteiger partial charge < -0.3 is 15.5 Å². The first-order valence-corrected chi connectivity index (χ1v) is 8.07. The van der Waals surface area contributed by atoms with Crippen LogP contribution < -0.4 is 15.5 Å². The van der Waals surface area contributed by atoms with E-state index >= 15 is 0 Å². The van der Waals surface area contributed by atoms with Gasteiger partial charge in [0, 0.05) is 32.9 Å². The molecule has 0 bridgehead atoms. The number of halogens is 1. The Bertz CT molecular complexity index is 639. The fraction of sp³-hybridized carbons (Fsp3) is 0.316. The minimum absolute atomic E-state index is 0.206. The summed E-state index contributed by atoms with van der Waals surface area (Å²) in [5, 5.41) is 5.59. The van der Waals surface area contributed by atoms with Crippen molar-refractivity contribution >= 4 is 11.7 Å². The van der Waals surface area contributed by atoms with E-state index in [0.29, 0.717) is 13.1 Å². The zero-order chi connectivity index (χ0) is 17.4. The highest BCUT2D eigenvalue weighted by Crippen LogP contribution is 2.13. The average molecular weight is 329 g/mol. The van der Waals surface area contributed by atoms with Crippen molar-refractivity contribution < 1.29 is 9.18 Å². The Morgan fingerprint density at radius 1 is 0.958 bits per heavy atom. The zero-order valence-electron chi connectivity index (χ0n) is 14.2. The maximum atomic E-state index is 12.8. The molecule has 0 spiro atoms. The molecule has 24 heavy (non-hydrogen) atoms. The first kappa shape index (κ1) is 17.8. The highest BCUT2D eigenvalue weighted by Gasteiger charge is 2.01. The number of carbonyl (C=O) groups excluding carboxylic acids is 1. The predicted octanol–water partition coefficient (Wildman–Crippen LogP) is 3.32. The minimum atomic E-state index is -0.276. The second-order valence-electron chi connectivity index (χ2n) is 5.90. The Morgan fingerprint density at radius 2 is 1.58 bits per heavy atom. The lowest BCUT2D eigenvalue weighted by atomic mass is 10.1. The largest absolute Gasteiger partial charge is 0.378 e. The van der Waals surface area contributed by atoms with Gasteiger partial charge in [0.05, 0.1) is 0 Å². The number of hydrogen-bond donors (Lipinski definition) is 2. The molecule has 0 unspecified atom stereocenters. The molecule has 0 radical (unpaired) electrons. The minimum Gasteiger partial charge on any atom is -0.378 e. The molecule has 4 nitrogen and oxygen atoms in total. The number of nitrogens with zero attached hydrogens (tertiary/aromatic N) is 1. The number of carbonyl (C=O) groups is 1. The Hall–Kier alpha value is -2.56. The summed E-state index contributed by atoms with van der Waals surface area (Å²) in [5.41, 5.74) is 3.30. The van der Waals surface area contributed by atoms with E-state index in [-0.39, 0.29) is 11.8 Å². The average Bonchev–Trinajstić information content (AvgIpc) is 2.58. The van der Waals surface area contributed by atoms with E-state index in [1.807, 2.05) is 14.1 Å². The number of aryl methyl sites for hydroxylation is 1. The van der Waals surface area contributed by atoms with Crippen molar-refractivity contribution in [3.8, 4) is 0 Å². The van der Waals surface area contributed by atoms with Gasteiger partial charge in [-0.2, -0.15) is 0 Å². The molecule has 0 aliphatic rings. The molecule has 0 fully saturated rings. The third-order valence-corrected chi connectivity index (χ3v) is 3.75.